The minimum absolute atomic E-state index is 0.0654. The highest BCUT2D eigenvalue weighted by Gasteiger charge is 2.29. The van der Waals surface area contributed by atoms with Gasteiger partial charge in [-0.1, -0.05) is 33.6 Å². The Morgan fingerprint density at radius 2 is 1.94 bits per heavy atom. The van der Waals surface area contributed by atoms with Crippen LogP contribution in [0.15, 0.2) is 6.07 Å². The van der Waals surface area contributed by atoms with Crippen LogP contribution in [-0.2, 0) is 15.4 Å². The Kier molecular flexibility index (Phi) is 3.40. The minimum Gasteiger partial charge on any atom is -0.280 e. The Bertz CT molecular complexity index is 508. The summed E-state index contributed by atoms with van der Waals surface area (Å²) >= 11 is 0. The summed E-state index contributed by atoms with van der Waals surface area (Å²) in [6.07, 6.45) is 3.51. The molecule has 1 fully saturated rings. The van der Waals surface area contributed by atoms with Crippen LogP contribution >= 0.6 is 0 Å². The molecule has 0 spiro atoms. The fourth-order valence-electron chi connectivity index (χ4n) is 2.19. The number of aromatic amines is 1. The normalized spacial score (nSPS) is 18.2. The topological polar surface area (TPSA) is 74.8 Å². The minimum atomic E-state index is -3.28. The van der Waals surface area contributed by atoms with Crippen molar-refractivity contribution in [1.29, 1.82) is 0 Å². The van der Waals surface area contributed by atoms with Crippen LogP contribution in [-0.4, -0.2) is 23.9 Å². The van der Waals surface area contributed by atoms with Gasteiger partial charge < -0.3 is 0 Å². The molecule has 1 aliphatic carbocycles. The van der Waals surface area contributed by atoms with E-state index in [2.05, 4.69) is 35.7 Å². The highest BCUT2D eigenvalue weighted by molar-refractivity contribution is 7.93. The van der Waals surface area contributed by atoms with Gasteiger partial charge in [0.2, 0.25) is 10.0 Å². The predicted octanol–water partition coefficient (Wildman–Crippen LogP) is 2.39. The van der Waals surface area contributed by atoms with E-state index in [9.17, 15) is 8.42 Å². The van der Waals surface area contributed by atoms with Gasteiger partial charge in [0.15, 0.2) is 5.82 Å². The van der Waals surface area contributed by atoms with Gasteiger partial charge in [0, 0.05) is 17.2 Å². The van der Waals surface area contributed by atoms with E-state index >= 15 is 0 Å². The number of rotatable bonds is 3. The van der Waals surface area contributed by atoms with Crippen LogP contribution in [0, 0.1) is 0 Å². The van der Waals surface area contributed by atoms with Crippen molar-refractivity contribution < 1.29 is 8.42 Å². The fraction of sp³-hybridized carbons (Fsp3) is 0.750. The van der Waals surface area contributed by atoms with E-state index in [0.29, 0.717) is 5.82 Å². The first-order chi connectivity index (χ1) is 8.29. The fourth-order valence-corrected chi connectivity index (χ4v) is 3.70. The molecule has 0 atom stereocenters. The summed E-state index contributed by atoms with van der Waals surface area (Å²) in [5.74, 6) is 0.395. The Balaban J connectivity index is 2.12. The largest absolute Gasteiger partial charge is 0.280 e. The summed E-state index contributed by atoms with van der Waals surface area (Å²) in [6, 6.07) is 1.77. The molecule has 0 saturated heterocycles. The Morgan fingerprint density at radius 1 is 1.33 bits per heavy atom. The maximum Gasteiger partial charge on any atom is 0.236 e. The number of aromatic nitrogens is 2. The quantitative estimate of drug-likeness (QED) is 0.886. The molecule has 0 aliphatic heterocycles. The second-order valence-electron chi connectivity index (χ2n) is 5.97. The van der Waals surface area contributed by atoms with E-state index in [1.54, 1.807) is 6.07 Å². The Labute approximate surface area is 108 Å². The average Bonchev–Trinajstić information content (AvgIpc) is 2.83. The number of nitrogens with one attached hydrogen (secondary N) is 2. The van der Waals surface area contributed by atoms with Crippen LogP contribution < -0.4 is 4.72 Å². The molecule has 18 heavy (non-hydrogen) atoms. The predicted molar refractivity (Wildman–Crippen MR) is 72.1 cm³/mol. The molecule has 1 aromatic heterocycles. The lowest BCUT2D eigenvalue weighted by atomic mass is 9.92. The second kappa shape index (κ2) is 4.57. The summed E-state index contributed by atoms with van der Waals surface area (Å²) in [5, 5.41) is 6.65. The van der Waals surface area contributed by atoms with E-state index in [4.69, 9.17) is 0 Å². The van der Waals surface area contributed by atoms with Crippen molar-refractivity contribution >= 4 is 15.8 Å². The summed E-state index contributed by atoms with van der Waals surface area (Å²) in [7, 11) is -3.28. The van der Waals surface area contributed by atoms with Gasteiger partial charge >= 0.3 is 0 Å². The van der Waals surface area contributed by atoms with E-state index in [1.165, 1.54) is 0 Å². The van der Waals surface area contributed by atoms with Gasteiger partial charge in [-0.2, -0.15) is 5.10 Å². The summed E-state index contributed by atoms with van der Waals surface area (Å²) in [6.45, 7) is 6.15. The monoisotopic (exact) mass is 271 g/mol. The molecule has 2 N–H and O–H groups in total. The molecule has 1 aliphatic rings. The molecule has 2 rings (SSSR count). The van der Waals surface area contributed by atoms with Gasteiger partial charge in [0.1, 0.15) is 0 Å². The molecule has 0 bridgehead atoms. The summed E-state index contributed by atoms with van der Waals surface area (Å²) in [5.41, 5.74) is 0.857. The zero-order valence-corrected chi connectivity index (χ0v) is 12.0. The lowest BCUT2D eigenvalue weighted by Gasteiger charge is -2.14. The number of hydrogen-bond acceptors (Lipinski definition) is 3. The van der Waals surface area contributed by atoms with Crippen LogP contribution in [0.5, 0.6) is 0 Å². The van der Waals surface area contributed by atoms with Crippen molar-refractivity contribution in [3.8, 4) is 0 Å². The van der Waals surface area contributed by atoms with Crippen molar-refractivity contribution in [3.63, 3.8) is 0 Å². The van der Waals surface area contributed by atoms with Gasteiger partial charge in [0.05, 0.1) is 5.25 Å². The van der Waals surface area contributed by atoms with Crippen molar-refractivity contribution in [2.45, 2.75) is 57.1 Å². The zero-order chi connectivity index (χ0) is 13.4. The van der Waals surface area contributed by atoms with Crippen LogP contribution in [0.3, 0.4) is 0 Å². The van der Waals surface area contributed by atoms with Crippen molar-refractivity contribution in [1.82, 2.24) is 10.2 Å². The number of nitrogens with zero attached hydrogens (tertiary/aromatic N) is 1. The lowest BCUT2D eigenvalue weighted by molar-refractivity contribution is 0.567. The van der Waals surface area contributed by atoms with Gasteiger partial charge in [0.25, 0.3) is 0 Å². The van der Waals surface area contributed by atoms with Gasteiger partial charge in [-0.15, -0.1) is 0 Å². The smallest absolute Gasteiger partial charge is 0.236 e. The molecule has 0 amide bonds. The molecule has 1 aromatic rings. The van der Waals surface area contributed by atoms with Gasteiger partial charge in [-0.05, 0) is 12.8 Å². The zero-order valence-electron chi connectivity index (χ0n) is 11.2. The van der Waals surface area contributed by atoms with Crippen LogP contribution in [0.25, 0.3) is 0 Å². The van der Waals surface area contributed by atoms with Crippen molar-refractivity contribution in [2.24, 2.45) is 0 Å². The molecule has 6 heteroatoms. The third-order valence-corrected chi connectivity index (χ3v) is 5.22. The van der Waals surface area contributed by atoms with Gasteiger partial charge in [-0.3, -0.25) is 9.82 Å². The van der Waals surface area contributed by atoms with Crippen molar-refractivity contribution in [2.75, 3.05) is 4.72 Å². The highest BCUT2D eigenvalue weighted by Crippen LogP contribution is 2.27. The molecular formula is C12H21N3O2S. The van der Waals surface area contributed by atoms with Crippen molar-refractivity contribution in [3.05, 3.63) is 11.8 Å². The first kappa shape index (κ1) is 13.4. The molecule has 1 saturated carbocycles. The molecule has 102 valence electrons. The number of H-pyrrole nitrogens is 1. The molecule has 0 radical (unpaired) electrons. The maximum atomic E-state index is 12.1. The second-order valence-corrected chi connectivity index (χ2v) is 7.93. The molecular weight excluding hydrogens is 250 g/mol. The number of hydrogen-bond donors (Lipinski definition) is 2. The van der Waals surface area contributed by atoms with Crippen LogP contribution in [0.1, 0.15) is 52.1 Å². The number of sulfonamides is 1. The number of anilines is 1. The third kappa shape index (κ3) is 2.85. The van der Waals surface area contributed by atoms with Crippen LogP contribution in [0.4, 0.5) is 5.82 Å². The average molecular weight is 271 g/mol. The molecule has 1 heterocycles. The summed E-state index contributed by atoms with van der Waals surface area (Å²) in [4.78, 5) is 0. The lowest BCUT2D eigenvalue weighted by Crippen LogP contribution is -2.25. The summed E-state index contributed by atoms with van der Waals surface area (Å²) < 4.78 is 26.8. The Morgan fingerprint density at radius 3 is 2.44 bits per heavy atom. The Hall–Kier alpha value is -1.04. The highest BCUT2D eigenvalue weighted by atomic mass is 32.2. The first-order valence-electron chi connectivity index (χ1n) is 6.36. The third-order valence-electron chi connectivity index (χ3n) is 3.37. The van der Waals surface area contributed by atoms with E-state index in [1.807, 2.05) is 0 Å². The standard InChI is InChI=1S/C12H21N3O2S/c1-12(2,3)10-8-11(14-13-10)15-18(16,17)9-6-4-5-7-9/h8-9H,4-7H2,1-3H3,(H2,13,14,15). The SMILES string of the molecule is CC(C)(C)c1cc(NS(=O)(=O)C2CCCC2)n[nH]1. The molecule has 0 unspecified atom stereocenters. The molecule has 0 aromatic carbocycles. The van der Waals surface area contributed by atoms with E-state index in [0.717, 1.165) is 31.4 Å². The molecule has 5 nitrogen and oxygen atoms in total. The first-order valence-corrected chi connectivity index (χ1v) is 7.91. The maximum absolute atomic E-state index is 12.1. The van der Waals surface area contributed by atoms with Gasteiger partial charge in [-0.25, -0.2) is 8.42 Å². The van der Waals surface area contributed by atoms with E-state index < -0.39 is 10.0 Å². The van der Waals surface area contributed by atoms with E-state index in [-0.39, 0.29) is 10.7 Å². The van der Waals surface area contributed by atoms with Crippen LogP contribution in [0.2, 0.25) is 0 Å².